The second-order valence-corrected chi connectivity index (χ2v) is 5.30. The van der Waals surface area contributed by atoms with Crippen LogP contribution in [0.1, 0.15) is 25.1 Å². The van der Waals surface area contributed by atoms with Crippen LogP contribution >= 0.6 is 11.3 Å². The topological polar surface area (TPSA) is 61.2 Å². The Kier molecular flexibility index (Phi) is 4.31. The summed E-state index contributed by atoms with van der Waals surface area (Å²) in [6.07, 6.45) is 3.05. The number of carbonyl (C=O) groups is 1. The molecule has 2 aromatic heterocycles. The Balaban J connectivity index is 2.27. The van der Waals surface area contributed by atoms with Gasteiger partial charge in [-0.15, -0.1) is 11.3 Å². The van der Waals surface area contributed by atoms with Crippen LogP contribution in [0.15, 0.2) is 17.2 Å². The molecule has 2 aromatic rings. The second-order valence-electron chi connectivity index (χ2n) is 4.18. The van der Waals surface area contributed by atoms with Gasteiger partial charge in [-0.25, -0.2) is 4.98 Å². The molecule has 2 rings (SSSR count). The van der Waals surface area contributed by atoms with Crippen LogP contribution in [-0.2, 0) is 22.5 Å². The first kappa shape index (κ1) is 13.7. The fourth-order valence-electron chi connectivity index (χ4n) is 1.70. The summed E-state index contributed by atoms with van der Waals surface area (Å²) in [4.78, 5) is 29.8. The lowest BCUT2D eigenvalue weighted by Crippen LogP contribution is -2.25. The van der Waals surface area contributed by atoms with Crippen molar-refractivity contribution < 1.29 is 9.53 Å². The van der Waals surface area contributed by atoms with Gasteiger partial charge in [0.25, 0.3) is 5.56 Å². The molecular weight excluding hydrogens is 264 g/mol. The van der Waals surface area contributed by atoms with Gasteiger partial charge < -0.3 is 4.74 Å². The smallest absolute Gasteiger partial charge is 0.326 e. The Morgan fingerprint density at radius 2 is 2.26 bits per heavy atom. The van der Waals surface area contributed by atoms with E-state index in [1.165, 1.54) is 22.2 Å². The lowest BCUT2D eigenvalue weighted by Gasteiger charge is -2.05. The quantitative estimate of drug-likeness (QED) is 0.786. The summed E-state index contributed by atoms with van der Waals surface area (Å²) in [5, 5.41) is 0.577. The molecule has 0 amide bonds. The lowest BCUT2D eigenvalue weighted by atomic mass is 10.3. The van der Waals surface area contributed by atoms with E-state index in [4.69, 9.17) is 4.74 Å². The molecule has 0 N–H and O–H groups in total. The number of carbonyl (C=O) groups excluding carboxylic acids is 1. The summed E-state index contributed by atoms with van der Waals surface area (Å²) in [6.45, 7) is 4.25. The Bertz CT molecular complexity index is 645. The molecule has 0 aromatic carbocycles. The van der Waals surface area contributed by atoms with Crippen molar-refractivity contribution in [1.29, 1.82) is 0 Å². The van der Waals surface area contributed by atoms with Gasteiger partial charge in [0.2, 0.25) is 0 Å². The maximum atomic E-state index is 12.2. The molecule has 0 aliphatic heterocycles. The highest BCUT2D eigenvalue weighted by molar-refractivity contribution is 7.18. The third kappa shape index (κ3) is 3.01. The van der Waals surface area contributed by atoms with Crippen LogP contribution in [0.25, 0.3) is 10.2 Å². The molecule has 0 radical (unpaired) electrons. The van der Waals surface area contributed by atoms with Gasteiger partial charge in [-0.3, -0.25) is 14.2 Å². The van der Waals surface area contributed by atoms with Crippen LogP contribution in [-0.4, -0.2) is 22.1 Å². The number of thiophene rings is 1. The second kappa shape index (κ2) is 5.97. The Morgan fingerprint density at radius 3 is 2.95 bits per heavy atom. The van der Waals surface area contributed by atoms with E-state index in [1.54, 1.807) is 0 Å². The van der Waals surface area contributed by atoms with E-state index in [-0.39, 0.29) is 12.1 Å². The fourth-order valence-corrected chi connectivity index (χ4v) is 2.62. The third-order valence-corrected chi connectivity index (χ3v) is 3.87. The van der Waals surface area contributed by atoms with Crippen molar-refractivity contribution in [2.24, 2.45) is 0 Å². The van der Waals surface area contributed by atoms with Crippen LogP contribution in [0.2, 0.25) is 0 Å². The molecule has 0 aliphatic carbocycles. The van der Waals surface area contributed by atoms with Gasteiger partial charge in [0.1, 0.15) is 11.4 Å². The number of fused-ring (bicyclic) bond motifs is 1. The Labute approximate surface area is 114 Å². The lowest BCUT2D eigenvalue weighted by molar-refractivity contribution is -0.144. The van der Waals surface area contributed by atoms with Crippen molar-refractivity contribution in [2.45, 2.75) is 33.2 Å². The number of hydrogen-bond donors (Lipinski definition) is 0. The summed E-state index contributed by atoms with van der Waals surface area (Å²) < 4.78 is 6.26. The number of nitrogens with zero attached hydrogens (tertiary/aromatic N) is 2. The van der Waals surface area contributed by atoms with Crippen LogP contribution < -0.4 is 5.56 Å². The molecular formula is C13H16N2O3S. The highest BCUT2D eigenvalue weighted by atomic mass is 32.1. The normalized spacial score (nSPS) is 10.8. The highest BCUT2D eigenvalue weighted by Crippen LogP contribution is 2.20. The first-order valence-electron chi connectivity index (χ1n) is 6.29. The number of ether oxygens (including phenoxy) is 1. The molecule has 0 aliphatic rings. The monoisotopic (exact) mass is 280 g/mol. The molecule has 0 unspecified atom stereocenters. The van der Waals surface area contributed by atoms with E-state index in [9.17, 15) is 9.59 Å². The Morgan fingerprint density at radius 1 is 1.47 bits per heavy atom. The molecule has 0 atom stereocenters. The van der Waals surface area contributed by atoms with E-state index in [0.29, 0.717) is 12.0 Å². The first-order valence-corrected chi connectivity index (χ1v) is 7.10. The van der Waals surface area contributed by atoms with Crippen molar-refractivity contribution in [2.75, 3.05) is 6.61 Å². The van der Waals surface area contributed by atoms with E-state index in [2.05, 4.69) is 4.98 Å². The molecule has 0 fully saturated rings. The number of aromatic nitrogens is 2. The number of esters is 1. The zero-order valence-electron chi connectivity index (χ0n) is 11.0. The minimum atomic E-state index is -0.406. The molecule has 5 nitrogen and oxygen atoms in total. The van der Waals surface area contributed by atoms with Crippen molar-refractivity contribution in [3.8, 4) is 0 Å². The fraction of sp³-hybridized carbons (Fsp3) is 0.462. The predicted octanol–water partition coefficient (Wildman–Crippen LogP) is 1.97. The van der Waals surface area contributed by atoms with Crippen molar-refractivity contribution >= 4 is 27.5 Å². The average Bonchev–Trinajstić information content (AvgIpc) is 2.84. The van der Waals surface area contributed by atoms with Gasteiger partial charge >= 0.3 is 5.97 Å². The maximum absolute atomic E-state index is 12.2. The summed E-state index contributed by atoms with van der Waals surface area (Å²) in [6, 6.07) is 1.85. The van der Waals surface area contributed by atoms with Gasteiger partial charge in [0.05, 0.1) is 18.3 Å². The molecule has 19 heavy (non-hydrogen) atoms. The minimum absolute atomic E-state index is 0.0842. The van der Waals surface area contributed by atoms with Crippen molar-refractivity contribution in [3.05, 3.63) is 27.6 Å². The summed E-state index contributed by atoms with van der Waals surface area (Å²) in [5.74, 6) is -0.406. The van der Waals surface area contributed by atoms with Crippen molar-refractivity contribution in [1.82, 2.24) is 9.55 Å². The SMILES string of the molecule is CCCOC(=O)Cn1cnc2sc(CC)cc2c1=O. The molecule has 0 saturated heterocycles. The standard InChI is InChI=1S/C13H16N2O3S/c1-3-5-18-11(16)7-15-8-14-12-10(13(15)17)6-9(4-2)19-12/h6,8H,3-5,7H2,1-2H3. The largest absolute Gasteiger partial charge is 0.464 e. The zero-order valence-corrected chi connectivity index (χ0v) is 11.8. The van der Waals surface area contributed by atoms with Crippen LogP contribution in [0.3, 0.4) is 0 Å². The highest BCUT2D eigenvalue weighted by Gasteiger charge is 2.11. The predicted molar refractivity (Wildman–Crippen MR) is 74.5 cm³/mol. The molecule has 6 heteroatoms. The summed E-state index contributed by atoms with van der Waals surface area (Å²) >= 11 is 1.51. The van der Waals surface area contributed by atoms with E-state index in [0.717, 1.165) is 22.5 Å². The minimum Gasteiger partial charge on any atom is -0.464 e. The number of hydrogen-bond acceptors (Lipinski definition) is 5. The molecule has 0 spiro atoms. The van der Waals surface area contributed by atoms with Gasteiger partial charge in [0.15, 0.2) is 0 Å². The first-order chi connectivity index (χ1) is 9.15. The number of aryl methyl sites for hydroxylation is 1. The van der Waals surface area contributed by atoms with E-state index >= 15 is 0 Å². The molecule has 2 heterocycles. The average molecular weight is 280 g/mol. The van der Waals surface area contributed by atoms with Crippen LogP contribution in [0, 0.1) is 0 Å². The van der Waals surface area contributed by atoms with Crippen LogP contribution in [0.4, 0.5) is 0 Å². The van der Waals surface area contributed by atoms with E-state index in [1.807, 2.05) is 19.9 Å². The maximum Gasteiger partial charge on any atom is 0.326 e. The molecule has 0 bridgehead atoms. The molecule has 102 valence electrons. The van der Waals surface area contributed by atoms with Crippen molar-refractivity contribution in [3.63, 3.8) is 0 Å². The Hall–Kier alpha value is -1.69. The van der Waals surface area contributed by atoms with Gasteiger partial charge in [0, 0.05) is 4.88 Å². The number of rotatable bonds is 5. The van der Waals surface area contributed by atoms with Gasteiger partial charge in [-0.05, 0) is 18.9 Å². The summed E-state index contributed by atoms with van der Waals surface area (Å²) in [7, 11) is 0. The zero-order chi connectivity index (χ0) is 13.8. The van der Waals surface area contributed by atoms with Crippen LogP contribution in [0.5, 0.6) is 0 Å². The van der Waals surface area contributed by atoms with E-state index < -0.39 is 5.97 Å². The third-order valence-electron chi connectivity index (χ3n) is 2.68. The van der Waals surface area contributed by atoms with Gasteiger partial charge in [-0.2, -0.15) is 0 Å². The van der Waals surface area contributed by atoms with Gasteiger partial charge in [-0.1, -0.05) is 13.8 Å². The summed E-state index contributed by atoms with van der Waals surface area (Å²) in [5.41, 5.74) is -0.186. The molecule has 0 saturated carbocycles.